The fourth-order valence-electron chi connectivity index (χ4n) is 2.13. The summed E-state index contributed by atoms with van der Waals surface area (Å²) in [7, 11) is 2.13. The highest BCUT2D eigenvalue weighted by atomic mass is 16.5. The van der Waals surface area contributed by atoms with Gasteiger partial charge in [0.15, 0.2) is 5.82 Å². The van der Waals surface area contributed by atoms with Gasteiger partial charge >= 0.3 is 0 Å². The Bertz CT molecular complexity index is 576. The van der Waals surface area contributed by atoms with E-state index in [4.69, 9.17) is 4.52 Å². The number of aryl methyl sites for hydroxylation is 1. The third-order valence-corrected chi connectivity index (χ3v) is 3.31. The van der Waals surface area contributed by atoms with Crippen LogP contribution in [0, 0.1) is 6.92 Å². The van der Waals surface area contributed by atoms with E-state index >= 15 is 0 Å². The molecule has 1 aliphatic rings. The quantitative estimate of drug-likeness (QED) is 0.903. The number of hydrogen-bond donors (Lipinski definition) is 1. The van der Waals surface area contributed by atoms with E-state index in [9.17, 15) is 0 Å². The Balaban J connectivity index is 1.72. The second-order valence-corrected chi connectivity index (χ2v) is 4.98. The highest BCUT2D eigenvalue weighted by Gasteiger charge is 2.16. The normalized spacial score (nSPS) is 16.4. The zero-order chi connectivity index (χ0) is 13.9. The molecule has 0 amide bonds. The average molecular weight is 274 g/mol. The predicted octanol–water partition coefficient (Wildman–Crippen LogP) is 1.27. The van der Waals surface area contributed by atoms with Gasteiger partial charge in [-0.15, -0.1) is 0 Å². The van der Waals surface area contributed by atoms with Crippen molar-refractivity contribution in [1.29, 1.82) is 0 Å². The molecule has 1 saturated heterocycles. The van der Waals surface area contributed by atoms with Crippen molar-refractivity contribution >= 4 is 17.6 Å². The molecule has 7 nitrogen and oxygen atoms in total. The molecular weight excluding hydrogens is 256 g/mol. The molecular formula is C13H18N6O. The van der Waals surface area contributed by atoms with Crippen molar-refractivity contribution in [3.8, 4) is 0 Å². The first kappa shape index (κ1) is 12.9. The number of rotatable bonds is 3. The van der Waals surface area contributed by atoms with E-state index in [1.54, 1.807) is 6.20 Å². The van der Waals surface area contributed by atoms with Gasteiger partial charge in [-0.2, -0.15) is 4.98 Å². The molecule has 0 bridgehead atoms. The Hall–Kier alpha value is -2.15. The first-order valence-electron chi connectivity index (χ1n) is 6.67. The molecule has 3 heterocycles. The molecule has 2 aromatic rings. The lowest BCUT2D eigenvalue weighted by Crippen LogP contribution is -2.45. The second kappa shape index (κ2) is 5.46. The first-order valence-corrected chi connectivity index (χ1v) is 6.67. The number of anilines is 3. The van der Waals surface area contributed by atoms with E-state index in [1.165, 1.54) is 0 Å². The SMILES string of the molecule is Cc1cc(Nc2ccnc(N3CCN(C)CC3)n2)no1. The van der Waals surface area contributed by atoms with Gasteiger partial charge in [-0.3, -0.25) is 0 Å². The molecule has 20 heavy (non-hydrogen) atoms. The van der Waals surface area contributed by atoms with Gasteiger partial charge in [-0.25, -0.2) is 4.98 Å². The van der Waals surface area contributed by atoms with Gasteiger partial charge in [0.2, 0.25) is 5.95 Å². The molecule has 3 rings (SSSR count). The van der Waals surface area contributed by atoms with Gasteiger partial charge < -0.3 is 19.6 Å². The zero-order valence-corrected chi connectivity index (χ0v) is 11.7. The summed E-state index contributed by atoms with van der Waals surface area (Å²) >= 11 is 0. The van der Waals surface area contributed by atoms with Gasteiger partial charge in [0.1, 0.15) is 11.6 Å². The molecule has 0 radical (unpaired) electrons. The molecule has 0 spiro atoms. The van der Waals surface area contributed by atoms with Gasteiger partial charge in [-0.1, -0.05) is 5.16 Å². The van der Waals surface area contributed by atoms with Crippen molar-refractivity contribution in [2.24, 2.45) is 0 Å². The van der Waals surface area contributed by atoms with Crippen LogP contribution in [-0.4, -0.2) is 53.3 Å². The molecule has 106 valence electrons. The molecule has 0 aromatic carbocycles. The van der Waals surface area contributed by atoms with E-state index in [0.29, 0.717) is 5.82 Å². The van der Waals surface area contributed by atoms with Crippen molar-refractivity contribution in [2.75, 3.05) is 43.4 Å². The van der Waals surface area contributed by atoms with E-state index < -0.39 is 0 Å². The van der Waals surface area contributed by atoms with Crippen molar-refractivity contribution < 1.29 is 4.52 Å². The van der Waals surface area contributed by atoms with Crippen molar-refractivity contribution in [3.05, 3.63) is 24.1 Å². The summed E-state index contributed by atoms with van der Waals surface area (Å²) in [5.41, 5.74) is 0. The molecule has 0 atom stereocenters. The topological polar surface area (TPSA) is 70.3 Å². The van der Waals surface area contributed by atoms with Gasteiger partial charge in [0.25, 0.3) is 0 Å². The molecule has 1 fully saturated rings. The number of likely N-dealkylation sites (N-methyl/N-ethyl adjacent to an activating group) is 1. The van der Waals surface area contributed by atoms with Crippen LogP contribution in [0.5, 0.6) is 0 Å². The van der Waals surface area contributed by atoms with Crippen LogP contribution in [-0.2, 0) is 0 Å². The van der Waals surface area contributed by atoms with E-state index in [1.807, 2.05) is 19.1 Å². The molecule has 0 aliphatic carbocycles. The van der Waals surface area contributed by atoms with E-state index in [2.05, 4.69) is 37.3 Å². The number of aromatic nitrogens is 3. The summed E-state index contributed by atoms with van der Waals surface area (Å²) < 4.78 is 5.02. The number of hydrogen-bond acceptors (Lipinski definition) is 7. The molecule has 1 aliphatic heterocycles. The predicted molar refractivity (Wildman–Crippen MR) is 76.3 cm³/mol. The smallest absolute Gasteiger partial charge is 0.227 e. The van der Waals surface area contributed by atoms with Gasteiger partial charge in [0, 0.05) is 38.4 Å². The number of nitrogens with one attached hydrogen (secondary N) is 1. The maximum absolute atomic E-state index is 5.02. The number of piperazine rings is 1. The Morgan fingerprint density at radius 3 is 2.70 bits per heavy atom. The Kier molecular flexibility index (Phi) is 3.51. The molecule has 2 aromatic heterocycles. The molecule has 1 N–H and O–H groups in total. The Morgan fingerprint density at radius 1 is 1.20 bits per heavy atom. The summed E-state index contributed by atoms with van der Waals surface area (Å²) in [4.78, 5) is 13.4. The van der Waals surface area contributed by atoms with Crippen molar-refractivity contribution in [3.63, 3.8) is 0 Å². The number of nitrogens with zero attached hydrogens (tertiary/aromatic N) is 5. The lowest BCUT2D eigenvalue weighted by molar-refractivity contribution is 0.311. The lowest BCUT2D eigenvalue weighted by Gasteiger charge is -2.32. The van der Waals surface area contributed by atoms with Gasteiger partial charge in [-0.05, 0) is 20.0 Å². The van der Waals surface area contributed by atoms with E-state index in [-0.39, 0.29) is 0 Å². The van der Waals surface area contributed by atoms with Crippen LogP contribution >= 0.6 is 0 Å². The minimum absolute atomic E-state index is 0.658. The summed E-state index contributed by atoms with van der Waals surface area (Å²) in [5, 5.41) is 7.02. The first-order chi connectivity index (χ1) is 9.70. The summed E-state index contributed by atoms with van der Waals surface area (Å²) in [6.45, 7) is 5.81. The molecule has 7 heteroatoms. The zero-order valence-electron chi connectivity index (χ0n) is 11.7. The van der Waals surface area contributed by atoms with Crippen LogP contribution in [0.15, 0.2) is 22.9 Å². The third kappa shape index (κ3) is 2.88. The fourth-order valence-corrected chi connectivity index (χ4v) is 2.13. The average Bonchev–Trinajstić information content (AvgIpc) is 2.85. The fraction of sp³-hybridized carbons (Fsp3) is 0.462. The largest absolute Gasteiger partial charge is 0.360 e. The minimum Gasteiger partial charge on any atom is -0.360 e. The van der Waals surface area contributed by atoms with Crippen molar-refractivity contribution in [2.45, 2.75) is 6.92 Å². The van der Waals surface area contributed by atoms with Crippen LogP contribution < -0.4 is 10.2 Å². The lowest BCUT2D eigenvalue weighted by atomic mass is 10.3. The maximum Gasteiger partial charge on any atom is 0.227 e. The van der Waals surface area contributed by atoms with Crippen LogP contribution in [0.4, 0.5) is 17.6 Å². The summed E-state index contributed by atoms with van der Waals surface area (Å²) in [5.74, 6) is 2.90. The molecule has 0 unspecified atom stereocenters. The standard InChI is InChI=1S/C13H18N6O/c1-10-9-12(17-20-10)15-11-3-4-14-13(16-11)19-7-5-18(2)6-8-19/h3-4,9H,5-8H2,1-2H3,(H,14,15,16,17). The third-order valence-electron chi connectivity index (χ3n) is 3.31. The second-order valence-electron chi connectivity index (χ2n) is 4.98. The highest BCUT2D eigenvalue weighted by molar-refractivity contribution is 5.52. The maximum atomic E-state index is 5.02. The van der Waals surface area contributed by atoms with Crippen LogP contribution in [0.2, 0.25) is 0 Å². The Morgan fingerprint density at radius 2 is 2.00 bits per heavy atom. The van der Waals surface area contributed by atoms with Gasteiger partial charge in [0.05, 0.1) is 0 Å². The van der Waals surface area contributed by atoms with Crippen LogP contribution in [0.25, 0.3) is 0 Å². The molecule has 0 saturated carbocycles. The summed E-state index contributed by atoms with van der Waals surface area (Å²) in [6.07, 6.45) is 1.76. The van der Waals surface area contributed by atoms with Crippen LogP contribution in [0.1, 0.15) is 5.76 Å². The van der Waals surface area contributed by atoms with Crippen molar-refractivity contribution in [1.82, 2.24) is 20.0 Å². The highest BCUT2D eigenvalue weighted by Crippen LogP contribution is 2.17. The Labute approximate surface area is 117 Å². The van der Waals surface area contributed by atoms with Crippen LogP contribution in [0.3, 0.4) is 0 Å². The van der Waals surface area contributed by atoms with E-state index in [0.717, 1.165) is 43.7 Å². The monoisotopic (exact) mass is 274 g/mol. The summed E-state index contributed by atoms with van der Waals surface area (Å²) in [6, 6.07) is 3.65. The minimum atomic E-state index is 0.658.